The zero-order chi connectivity index (χ0) is 16.4. The Balaban J connectivity index is 3.50. The zero-order valence-corrected chi connectivity index (χ0v) is 14.0. The first-order valence-corrected chi connectivity index (χ1v) is 8.47. The largest absolute Gasteiger partial charge is 0.478 e. The standard InChI is InChI=1S/C15H23NO4S/c1-6-12(5)16(7-2)21(19,20)14-9-13(15(17)18)10(3)8-11(14)4/h8-9,12H,6-7H2,1-5H3,(H,17,18). The second-order valence-corrected chi connectivity index (χ2v) is 7.06. The molecule has 1 N–H and O–H groups in total. The Morgan fingerprint density at radius 1 is 1.24 bits per heavy atom. The molecular formula is C15H23NO4S. The van der Waals surface area contributed by atoms with Crippen LogP contribution >= 0.6 is 0 Å². The van der Waals surface area contributed by atoms with E-state index in [4.69, 9.17) is 0 Å². The lowest BCUT2D eigenvalue weighted by Gasteiger charge is -2.27. The fraction of sp³-hybridized carbons (Fsp3) is 0.533. The van der Waals surface area contributed by atoms with Crippen molar-refractivity contribution >= 4 is 16.0 Å². The molecular weight excluding hydrogens is 290 g/mol. The van der Waals surface area contributed by atoms with Gasteiger partial charge in [-0.2, -0.15) is 4.31 Å². The van der Waals surface area contributed by atoms with Crippen LogP contribution in [-0.2, 0) is 10.0 Å². The number of carboxylic acid groups (broad SMARTS) is 1. The van der Waals surface area contributed by atoms with Gasteiger partial charge in [0, 0.05) is 12.6 Å². The molecule has 0 saturated heterocycles. The van der Waals surface area contributed by atoms with E-state index in [1.54, 1.807) is 26.8 Å². The number of rotatable bonds is 6. The number of hydrogen-bond acceptors (Lipinski definition) is 3. The Morgan fingerprint density at radius 3 is 2.24 bits per heavy atom. The van der Waals surface area contributed by atoms with Crippen LogP contribution in [0.4, 0.5) is 0 Å². The van der Waals surface area contributed by atoms with Crippen LogP contribution in [0.15, 0.2) is 17.0 Å². The monoisotopic (exact) mass is 313 g/mol. The molecule has 0 aromatic heterocycles. The highest BCUT2D eigenvalue weighted by atomic mass is 32.2. The van der Waals surface area contributed by atoms with E-state index in [9.17, 15) is 18.3 Å². The molecule has 1 unspecified atom stereocenters. The lowest BCUT2D eigenvalue weighted by atomic mass is 10.1. The fourth-order valence-corrected chi connectivity index (χ4v) is 4.34. The van der Waals surface area contributed by atoms with Crippen molar-refractivity contribution in [3.05, 3.63) is 28.8 Å². The van der Waals surface area contributed by atoms with Gasteiger partial charge in [0.25, 0.3) is 0 Å². The number of sulfonamides is 1. The van der Waals surface area contributed by atoms with Crippen molar-refractivity contribution < 1.29 is 18.3 Å². The Bertz CT molecular complexity index is 637. The number of nitrogens with zero attached hydrogens (tertiary/aromatic N) is 1. The first-order chi connectivity index (χ1) is 9.66. The molecule has 1 atom stereocenters. The summed E-state index contributed by atoms with van der Waals surface area (Å²) in [6.07, 6.45) is 0.698. The summed E-state index contributed by atoms with van der Waals surface area (Å²) < 4.78 is 27.0. The van der Waals surface area contributed by atoms with Crippen molar-refractivity contribution in [1.29, 1.82) is 0 Å². The van der Waals surface area contributed by atoms with Gasteiger partial charge in [0.15, 0.2) is 0 Å². The number of hydrogen-bond donors (Lipinski definition) is 1. The van der Waals surface area contributed by atoms with Gasteiger partial charge < -0.3 is 5.11 Å². The quantitative estimate of drug-likeness (QED) is 0.876. The van der Waals surface area contributed by atoms with Gasteiger partial charge in [-0.1, -0.05) is 19.9 Å². The topological polar surface area (TPSA) is 74.7 Å². The summed E-state index contributed by atoms with van der Waals surface area (Å²) in [5, 5.41) is 9.19. The van der Waals surface area contributed by atoms with Crippen molar-refractivity contribution in [3.63, 3.8) is 0 Å². The first kappa shape index (κ1) is 17.7. The van der Waals surface area contributed by atoms with Gasteiger partial charge in [-0.25, -0.2) is 13.2 Å². The number of benzene rings is 1. The van der Waals surface area contributed by atoms with Crippen LogP contribution < -0.4 is 0 Å². The second kappa shape index (κ2) is 6.58. The van der Waals surface area contributed by atoms with Crippen LogP contribution in [0, 0.1) is 13.8 Å². The van der Waals surface area contributed by atoms with Crippen LogP contribution in [0.2, 0.25) is 0 Å². The maximum atomic E-state index is 12.8. The number of aromatic carboxylic acids is 1. The number of aryl methyl sites for hydroxylation is 2. The van der Waals surface area contributed by atoms with Crippen molar-refractivity contribution in [3.8, 4) is 0 Å². The van der Waals surface area contributed by atoms with Crippen molar-refractivity contribution in [2.75, 3.05) is 6.54 Å². The predicted molar refractivity (Wildman–Crippen MR) is 82.2 cm³/mol. The summed E-state index contributed by atoms with van der Waals surface area (Å²) in [5.41, 5.74) is 1.16. The summed E-state index contributed by atoms with van der Waals surface area (Å²) in [5.74, 6) is -1.12. The third kappa shape index (κ3) is 3.44. The van der Waals surface area contributed by atoms with E-state index in [1.807, 2.05) is 13.8 Å². The molecule has 6 heteroatoms. The average molecular weight is 313 g/mol. The van der Waals surface area contributed by atoms with Gasteiger partial charge in [0.1, 0.15) is 0 Å². The molecule has 0 radical (unpaired) electrons. The fourth-order valence-electron chi connectivity index (χ4n) is 2.39. The van der Waals surface area contributed by atoms with Gasteiger partial charge in [0.2, 0.25) is 10.0 Å². The second-order valence-electron chi connectivity index (χ2n) is 5.20. The summed E-state index contributed by atoms with van der Waals surface area (Å²) in [6.45, 7) is 9.27. The molecule has 21 heavy (non-hydrogen) atoms. The van der Waals surface area contributed by atoms with E-state index in [1.165, 1.54) is 10.4 Å². The molecule has 0 amide bonds. The smallest absolute Gasteiger partial charge is 0.335 e. The van der Waals surface area contributed by atoms with Gasteiger partial charge in [-0.15, -0.1) is 0 Å². The first-order valence-electron chi connectivity index (χ1n) is 7.03. The minimum atomic E-state index is -3.70. The zero-order valence-electron chi connectivity index (χ0n) is 13.2. The molecule has 1 aromatic rings. The van der Waals surface area contributed by atoms with Crippen molar-refractivity contribution in [1.82, 2.24) is 4.31 Å². The van der Waals surface area contributed by atoms with Crippen LogP contribution in [-0.4, -0.2) is 36.4 Å². The van der Waals surface area contributed by atoms with E-state index in [2.05, 4.69) is 0 Å². The highest BCUT2D eigenvalue weighted by molar-refractivity contribution is 7.89. The highest BCUT2D eigenvalue weighted by Crippen LogP contribution is 2.25. The van der Waals surface area contributed by atoms with Gasteiger partial charge in [-0.05, 0) is 44.4 Å². The molecule has 0 bridgehead atoms. The third-order valence-electron chi connectivity index (χ3n) is 3.73. The molecule has 0 aliphatic rings. The molecule has 118 valence electrons. The Morgan fingerprint density at radius 2 is 1.81 bits per heavy atom. The molecule has 1 rings (SSSR count). The Labute approximate surface area is 126 Å². The minimum absolute atomic E-state index is 0.0272. The summed E-state index contributed by atoms with van der Waals surface area (Å²) >= 11 is 0. The minimum Gasteiger partial charge on any atom is -0.478 e. The van der Waals surface area contributed by atoms with E-state index < -0.39 is 16.0 Å². The highest BCUT2D eigenvalue weighted by Gasteiger charge is 2.29. The van der Waals surface area contributed by atoms with Gasteiger partial charge in [-0.3, -0.25) is 0 Å². The Kier molecular flexibility index (Phi) is 5.53. The molecule has 0 saturated carbocycles. The number of carbonyl (C=O) groups is 1. The molecule has 0 aliphatic carbocycles. The summed E-state index contributed by atoms with van der Waals surface area (Å²) in [7, 11) is -3.70. The molecule has 5 nitrogen and oxygen atoms in total. The molecule has 0 spiro atoms. The van der Waals surface area contributed by atoms with E-state index in [-0.39, 0.29) is 16.5 Å². The molecule has 1 aromatic carbocycles. The van der Waals surface area contributed by atoms with E-state index in [0.717, 1.165) is 0 Å². The van der Waals surface area contributed by atoms with Crippen LogP contribution in [0.25, 0.3) is 0 Å². The average Bonchev–Trinajstić information content (AvgIpc) is 2.37. The van der Waals surface area contributed by atoms with Crippen LogP contribution in [0.3, 0.4) is 0 Å². The summed E-state index contributed by atoms with van der Waals surface area (Å²) in [6, 6.07) is 2.75. The summed E-state index contributed by atoms with van der Waals surface area (Å²) in [4.78, 5) is 11.3. The van der Waals surface area contributed by atoms with Gasteiger partial charge in [0.05, 0.1) is 10.5 Å². The number of carboxylic acids is 1. The maximum absolute atomic E-state index is 12.8. The molecule has 0 aliphatic heterocycles. The van der Waals surface area contributed by atoms with Gasteiger partial charge >= 0.3 is 5.97 Å². The molecule has 0 fully saturated rings. The lowest BCUT2D eigenvalue weighted by molar-refractivity contribution is 0.0696. The van der Waals surface area contributed by atoms with Crippen LogP contribution in [0.5, 0.6) is 0 Å². The van der Waals surface area contributed by atoms with Crippen LogP contribution in [0.1, 0.15) is 48.7 Å². The normalized spacial score (nSPS) is 13.4. The van der Waals surface area contributed by atoms with E-state index in [0.29, 0.717) is 24.1 Å². The van der Waals surface area contributed by atoms with Crippen molar-refractivity contribution in [2.24, 2.45) is 0 Å². The predicted octanol–water partition coefficient (Wildman–Crippen LogP) is 2.81. The lowest BCUT2D eigenvalue weighted by Crippen LogP contribution is -2.38. The maximum Gasteiger partial charge on any atom is 0.335 e. The SMILES string of the molecule is CCC(C)N(CC)S(=O)(=O)c1cc(C(=O)O)c(C)cc1C. The van der Waals surface area contributed by atoms with Crippen molar-refractivity contribution in [2.45, 2.75) is 52.0 Å². The Hall–Kier alpha value is -1.40. The third-order valence-corrected chi connectivity index (χ3v) is 5.96. The van der Waals surface area contributed by atoms with E-state index >= 15 is 0 Å². The molecule has 0 heterocycles.